The fourth-order valence-electron chi connectivity index (χ4n) is 1.52. The standard InChI is InChI=1S/C14H9F2NS2/c15-12-6-11(4-5-13(12)18)19-8-10-3-1-2-9(7-17)14(10)16/h1-6,18H,8H2. The Morgan fingerprint density at radius 2 is 2.00 bits per heavy atom. The van der Waals surface area contributed by atoms with Crippen LogP contribution in [0, 0.1) is 23.0 Å². The first-order chi connectivity index (χ1) is 9.11. The Morgan fingerprint density at radius 1 is 1.21 bits per heavy atom. The van der Waals surface area contributed by atoms with Gasteiger partial charge in [-0.05, 0) is 29.8 Å². The van der Waals surface area contributed by atoms with Crippen LogP contribution in [0.3, 0.4) is 0 Å². The van der Waals surface area contributed by atoms with Crippen molar-refractivity contribution >= 4 is 24.4 Å². The van der Waals surface area contributed by atoms with Crippen molar-refractivity contribution in [1.82, 2.24) is 0 Å². The second-order valence-corrected chi connectivity index (χ2v) is 5.32. The van der Waals surface area contributed by atoms with Gasteiger partial charge >= 0.3 is 0 Å². The molecule has 2 rings (SSSR count). The molecular weight excluding hydrogens is 284 g/mol. The molecule has 5 heteroatoms. The normalized spacial score (nSPS) is 10.2. The molecule has 0 aliphatic heterocycles. The van der Waals surface area contributed by atoms with Gasteiger partial charge in [0.1, 0.15) is 17.7 Å². The van der Waals surface area contributed by atoms with Crippen molar-refractivity contribution in [3.63, 3.8) is 0 Å². The summed E-state index contributed by atoms with van der Waals surface area (Å²) in [7, 11) is 0. The quantitative estimate of drug-likeness (QED) is 0.669. The number of hydrogen-bond acceptors (Lipinski definition) is 3. The van der Waals surface area contributed by atoms with E-state index in [9.17, 15) is 8.78 Å². The fourth-order valence-corrected chi connectivity index (χ4v) is 2.55. The molecule has 0 spiro atoms. The van der Waals surface area contributed by atoms with E-state index in [0.717, 1.165) is 0 Å². The van der Waals surface area contributed by atoms with Gasteiger partial charge in [-0.25, -0.2) is 8.78 Å². The van der Waals surface area contributed by atoms with Crippen LogP contribution in [0.5, 0.6) is 0 Å². The van der Waals surface area contributed by atoms with Gasteiger partial charge in [0.2, 0.25) is 0 Å². The molecule has 0 bridgehead atoms. The number of benzene rings is 2. The lowest BCUT2D eigenvalue weighted by Gasteiger charge is -2.05. The van der Waals surface area contributed by atoms with E-state index in [0.29, 0.717) is 16.2 Å². The second-order valence-electron chi connectivity index (χ2n) is 3.79. The summed E-state index contributed by atoms with van der Waals surface area (Å²) in [6.07, 6.45) is 0. The summed E-state index contributed by atoms with van der Waals surface area (Å²) in [5, 5.41) is 8.74. The molecule has 0 saturated carbocycles. The zero-order valence-electron chi connectivity index (χ0n) is 9.73. The molecule has 0 aliphatic rings. The number of hydrogen-bond donors (Lipinski definition) is 1. The van der Waals surface area contributed by atoms with Gasteiger partial charge in [0.05, 0.1) is 5.56 Å². The van der Waals surface area contributed by atoms with E-state index < -0.39 is 11.6 Å². The van der Waals surface area contributed by atoms with Gasteiger partial charge in [-0.2, -0.15) is 5.26 Å². The van der Waals surface area contributed by atoms with Crippen LogP contribution in [0.4, 0.5) is 8.78 Å². The highest BCUT2D eigenvalue weighted by Gasteiger charge is 2.08. The molecule has 0 atom stereocenters. The molecule has 96 valence electrons. The zero-order chi connectivity index (χ0) is 13.8. The van der Waals surface area contributed by atoms with Crippen molar-refractivity contribution in [2.75, 3.05) is 0 Å². The predicted molar refractivity (Wildman–Crippen MR) is 74.3 cm³/mol. The van der Waals surface area contributed by atoms with Crippen LogP contribution >= 0.6 is 24.4 Å². The lowest BCUT2D eigenvalue weighted by atomic mass is 10.1. The Kier molecular flexibility index (Phi) is 4.46. The molecule has 2 aromatic carbocycles. The summed E-state index contributed by atoms with van der Waals surface area (Å²) >= 11 is 5.25. The Morgan fingerprint density at radius 3 is 2.68 bits per heavy atom. The minimum atomic E-state index is -0.510. The maximum Gasteiger partial charge on any atom is 0.144 e. The van der Waals surface area contributed by atoms with E-state index in [1.807, 2.05) is 0 Å². The average Bonchev–Trinajstić information content (AvgIpc) is 2.41. The molecule has 0 radical (unpaired) electrons. The van der Waals surface area contributed by atoms with Crippen LogP contribution in [-0.2, 0) is 5.75 Å². The van der Waals surface area contributed by atoms with Crippen LogP contribution < -0.4 is 0 Å². The van der Waals surface area contributed by atoms with E-state index in [1.165, 1.54) is 23.9 Å². The zero-order valence-corrected chi connectivity index (χ0v) is 11.4. The van der Waals surface area contributed by atoms with E-state index in [2.05, 4.69) is 12.6 Å². The molecular formula is C14H9F2NS2. The minimum absolute atomic E-state index is 0.0231. The molecule has 2 aromatic rings. The van der Waals surface area contributed by atoms with Crippen molar-refractivity contribution in [1.29, 1.82) is 5.26 Å². The highest BCUT2D eigenvalue weighted by Crippen LogP contribution is 2.27. The van der Waals surface area contributed by atoms with Crippen LogP contribution in [-0.4, -0.2) is 0 Å². The van der Waals surface area contributed by atoms with Gasteiger partial charge in [-0.15, -0.1) is 24.4 Å². The van der Waals surface area contributed by atoms with Gasteiger partial charge in [-0.1, -0.05) is 12.1 Å². The maximum atomic E-state index is 13.8. The van der Waals surface area contributed by atoms with Crippen LogP contribution in [0.25, 0.3) is 0 Å². The third-order valence-electron chi connectivity index (χ3n) is 2.51. The average molecular weight is 293 g/mol. The maximum absolute atomic E-state index is 13.8. The fraction of sp³-hybridized carbons (Fsp3) is 0.0714. The topological polar surface area (TPSA) is 23.8 Å². The van der Waals surface area contributed by atoms with Gasteiger partial charge in [0.15, 0.2) is 0 Å². The van der Waals surface area contributed by atoms with Crippen LogP contribution in [0.15, 0.2) is 46.2 Å². The second kappa shape index (κ2) is 6.09. The van der Waals surface area contributed by atoms with Crippen molar-refractivity contribution in [3.8, 4) is 6.07 Å². The Labute approximate surface area is 119 Å². The lowest BCUT2D eigenvalue weighted by Crippen LogP contribution is -1.92. The molecule has 0 unspecified atom stereocenters. The third kappa shape index (κ3) is 3.28. The van der Waals surface area contributed by atoms with E-state index in [1.54, 1.807) is 30.3 Å². The molecule has 0 heterocycles. The van der Waals surface area contributed by atoms with Crippen molar-refractivity contribution in [3.05, 3.63) is 59.2 Å². The first-order valence-corrected chi connectivity index (χ1v) is 6.84. The molecule has 0 aromatic heterocycles. The largest absolute Gasteiger partial charge is 0.206 e. The smallest absolute Gasteiger partial charge is 0.144 e. The summed E-state index contributed by atoms with van der Waals surface area (Å²) < 4.78 is 27.1. The molecule has 0 saturated heterocycles. The Balaban J connectivity index is 2.15. The lowest BCUT2D eigenvalue weighted by molar-refractivity contribution is 0.598. The number of nitriles is 1. The van der Waals surface area contributed by atoms with E-state index >= 15 is 0 Å². The highest BCUT2D eigenvalue weighted by atomic mass is 32.2. The highest BCUT2D eigenvalue weighted by molar-refractivity contribution is 7.98. The first kappa shape index (κ1) is 13.9. The molecule has 0 N–H and O–H groups in total. The van der Waals surface area contributed by atoms with E-state index in [4.69, 9.17) is 5.26 Å². The number of thioether (sulfide) groups is 1. The SMILES string of the molecule is N#Cc1cccc(CSc2ccc(S)c(F)c2)c1F. The molecule has 0 amide bonds. The predicted octanol–water partition coefficient (Wildman–Crippen LogP) is 4.42. The Hall–Kier alpha value is -1.51. The van der Waals surface area contributed by atoms with Crippen LogP contribution in [0.1, 0.15) is 11.1 Å². The van der Waals surface area contributed by atoms with Gasteiger partial charge in [0, 0.05) is 15.5 Å². The first-order valence-electron chi connectivity index (χ1n) is 5.40. The number of thiol groups is 1. The number of halogens is 2. The Bertz CT molecular complexity index is 650. The molecule has 0 aliphatic carbocycles. The summed E-state index contributed by atoms with van der Waals surface area (Å²) in [5.41, 5.74) is 0.453. The molecule has 0 fully saturated rings. The van der Waals surface area contributed by atoms with Crippen molar-refractivity contribution in [2.24, 2.45) is 0 Å². The number of rotatable bonds is 3. The summed E-state index contributed by atoms with van der Waals surface area (Å²) in [4.78, 5) is 0.971. The minimum Gasteiger partial charge on any atom is -0.206 e. The third-order valence-corrected chi connectivity index (χ3v) is 3.92. The van der Waals surface area contributed by atoms with Crippen molar-refractivity contribution in [2.45, 2.75) is 15.5 Å². The monoisotopic (exact) mass is 293 g/mol. The molecule has 1 nitrogen and oxygen atoms in total. The van der Waals surface area contributed by atoms with Gasteiger partial charge < -0.3 is 0 Å². The molecule has 19 heavy (non-hydrogen) atoms. The summed E-state index contributed by atoms with van der Waals surface area (Å²) in [6, 6.07) is 11.1. The summed E-state index contributed by atoms with van der Waals surface area (Å²) in [6.45, 7) is 0. The van der Waals surface area contributed by atoms with E-state index in [-0.39, 0.29) is 10.5 Å². The number of nitrogens with zero attached hydrogens (tertiary/aromatic N) is 1. The van der Waals surface area contributed by atoms with Crippen molar-refractivity contribution < 1.29 is 8.78 Å². The van der Waals surface area contributed by atoms with Gasteiger partial charge in [-0.3, -0.25) is 0 Å². The van der Waals surface area contributed by atoms with Crippen LogP contribution in [0.2, 0.25) is 0 Å². The summed E-state index contributed by atoms with van der Waals surface area (Å²) in [5.74, 6) is -0.574. The van der Waals surface area contributed by atoms with Gasteiger partial charge in [0.25, 0.3) is 0 Å².